The second-order valence-corrected chi connectivity index (χ2v) is 8.41. The van der Waals surface area contributed by atoms with Gasteiger partial charge in [-0.25, -0.2) is 14.4 Å². The number of rotatable bonds is 11. The number of benzene rings is 3. The number of amides is 2. The molecule has 194 valence electrons. The zero-order valence-corrected chi connectivity index (χ0v) is 21.7. The summed E-state index contributed by atoms with van der Waals surface area (Å²) in [5.74, 6) is -0.835. The second-order valence-electron chi connectivity index (χ2n) is 8.41. The largest absolute Gasteiger partial charge is 0.462 e. The fraction of sp³-hybridized carbons (Fsp3) is 0.300. The molecule has 0 saturated heterocycles. The standard InChI is InChI=1S/C30H34N2O5/c1-4-7-21-31(22-23-11-9-8-10-12-23)30(35)32(26-17-13-24(14-18-26)28(33)36-5-2)27-19-15-25(16-20-27)29(34)37-6-3/h8-20H,4-7,21-22H2,1-3H3. The van der Waals surface area contributed by atoms with Gasteiger partial charge in [-0.15, -0.1) is 0 Å². The zero-order chi connectivity index (χ0) is 26.6. The van der Waals surface area contributed by atoms with E-state index in [1.807, 2.05) is 35.2 Å². The van der Waals surface area contributed by atoms with Crippen molar-refractivity contribution in [2.24, 2.45) is 0 Å². The number of carbonyl (C=O) groups is 3. The van der Waals surface area contributed by atoms with E-state index in [9.17, 15) is 14.4 Å². The van der Waals surface area contributed by atoms with Gasteiger partial charge in [-0.2, -0.15) is 0 Å². The Bertz CT molecular complexity index is 1100. The van der Waals surface area contributed by atoms with Gasteiger partial charge in [0.05, 0.1) is 35.7 Å². The van der Waals surface area contributed by atoms with Crippen LogP contribution < -0.4 is 4.90 Å². The minimum atomic E-state index is -0.417. The van der Waals surface area contributed by atoms with Crippen LogP contribution in [0.5, 0.6) is 0 Å². The average Bonchev–Trinajstić information content (AvgIpc) is 2.92. The monoisotopic (exact) mass is 502 g/mol. The molecule has 7 nitrogen and oxygen atoms in total. The predicted molar refractivity (Wildman–Crippen MR) is 144 cm³/mol. The Morgan fingerprint density at radius 3 is 1.59 bits per heavy atom. The van der Waals surface area contributed by atoms with Crippen molar-refractivity contribution in [2.75, 3.05) is 24.7 Å². The molecule has 37 heavy (non-hydrogen) atoms. The molecule has 0 heterocycles. The molecule has 0 atom stereocenters. The number of nitrogens with zero attached hydrogens (tertiary/aromatic N) is 2. The lowest BCUT2D eigenvalue weighted by molar-refractivity contribution is 0.0517. The van der Waals surface area contributed by atoms with Gasteiger partial charge in [0, 0.05) is 13.1 Å². The first-order chi connectivity index (χ1) is 18.0. The van der Waals surface area contributed by atoms with Crippen molar-refractivity contribution in [3.8, 4) is 0 Å². The molecule has 0 bridgehead atoms. The van der Waals surface area contributed by atoms with Gasteiger partial charge in [-0.3, -0.25) is 4.90 Å². The summed E-state index contributed by atoms with van der Waals surface area (Å²) >= 11 is 0. The van der Waals surface area contributed by atoms with Crippen LogP contribution in [0.3, 0.4) is 0 Å². The van der Waals surface area contributed by atoms with E-state index in [1.54, 1.807) is 67.3 Å². The number of urea groups is 1. The lowest BCUT2D eigenvalue weighted by Crippen LogP contribution is -2.41. The molecule has 3 aromatic rings. The van der Waals surface area contributed by atoms with Crippen molar-refractivity contribution in [3.63, 3.8) is 0 Å². The van der Waals surface area contributed by atoms with E-state index in [-0.39, 0.29) is 19.2 Å². The topological polar surface area (TPSA) is 76.2 Å². The molecule has 3 aromatic carbocycles. The molecule has 0 spiro atoms. The third-order valence-corrected chi connectivity index (χ3v) is 5.73. The smallest absolute Gasteiger partial charge is 0.338 e. The zero-order valence-electron chi connectivity index (χ0n) is 21.7. The van der Waals surface area contributed by atoms with Gasteiger partial charge in [-0.05, 0) is 74.4 Å². The van der Waals surface area contributed by atoms with Crippen LogP contribution in [0, 0.1) is 0 Å². The number of anilines is 2. The first-order valence-corrected chi connectivity index (χ1v) is 12.7. The molecular weight excluding hydrogens is 468 g/mol. The van der Waals surface area contributed by atoms with Crippen LogP contribution >= 0.6 is 0 Å². The van der Waals surface area contributed by atoms with Gasteiger partial charge in [-0.1, -0.05) is 43.7 Å². The molecule has 0 radical (unpaired) electrons. The van der Waals surface area contributed by atoms with Crippen molar-refractivity contribution < 1.29 is 23.9 Å². The Morgan fingerprint density at radius 1 is 0.676 bits per heavy atom. The first-order valence-electron chi connectivity index (χ1n) is 12.7. The molecule has 0 aliphatic carbocycles. The minimum Gasteiger partial charge on any atom is -0.462 e. The van der Waals surface area contributed by atoms with E-state index in [0.717, 1.165) is 18.4 Å². The lowest BCUT2D eigenvalue weighted by atomic mass is 10.1. The quantitative estimate of drug-likeness (QED) is 0.276. The summed E-state index contributed by atoms with van der Waals surface area (Å²) in [4.78, 5) is 41.8. The molecule has 0 aromatic heterocycles. The molecular formula is C30H34N2O5. The van der Waals surface area contributed by atoms with Gasteiger partial charge in [0.1, 0.15) is 0 Å². The highest BCUT2D eigenvalue weighted by atomic mass is 16.5. The highest BCUT2D eigenvalue weighted by Gasteiger charge is 2.25. The molecule has 0 N–H and O–H groups in total. The van der Waals surface area contributed by atoms with Crippen LogP contribution in [0.1, 0.15) is 59.9 Å². The maximum absolute atomic E-state index is 14.1. The van der Waals surface area contributed by atoms with Gasteiger partial charge < -0.3 is 14.4 Å². The Morgan fingerprint density at radius 2 is 1.16 bits per heavy atom. The Kier molecular flexibility index (Phi) is 10.3. The summed E-state index contributed by atoms with van der Waals surface area (Å²) < 4.78 is 10.2. The van der Waals surface area contributed by atoms with E-state index in [0.29, 0.717) is 35.6 Å². The molecule has 0 aliphatic rings. The summed E-state index contributed by atoms with van der Waals surface area (Å²) in [6, 6.07) is 23.1. The molecule has 0 saturated carbocycles. The number of ether oxygens (including phenoxy) is 2. The fourth-order valence-corrected chi connectivity index (χ4v) is 3.83. The van der Waals surface area contributed by atoms with Crippen LogP contribution in [0.15, 0.2) is 78.9 Å². The van der Waals surface area contributed by atoms with Gasteiger partial charge in [0.15, 0.2) is 0 Å². The van der Waals surface area contributed by atoms with Gasteiger partial charge in [0.2, 0.25) is 0 Å². The fourth-order valence-electron chi connectivity index (χ4n) is 3.83. The molecule has 0 fully saturated rings. The first kappa shape index (κ1) is 27.5. The van der Waals surface area contributed by atoms with E-state index in [4.69, 9.17) is 9.47 Å². The van der Waals surface area contributed by atoms with Crippen LogP contribution in [-0.4, -0.2) is 42.6 Å². The van der Waals surface area contributed by atoms with Crippen LogP contribution in [0.4, 0.5) is 16.2 Å². The normalized spacial score (nSPS) is 10.5. The van der Waals surface area contributed by atoms with Crippen LogP contribution in [0.2, 0.25) is 0 Å². The number of esters is 2. The van der Waals surface area contributed by atoms with Crippen LogP contribution in [0.25, 0.3) is 0 Å². The van der Waals surface area contributed by atoms with Crippen molar-refractivity contribution in [2.45, 2.75) is 40.2 Å². The van der Waals surface area contributed by atoms with E-state index < -0.39 is 11.9 Å². The summed E-state index contributed by atoms with van der Waals surface area (Å²) in [6.07, 6.45) is 1.80. The van der Waals surface area contributed by atoms with Crippen molar-refractivity contribution >= 4 is 29.3 Å². The number of hydrogen-bond donors (Lipinski definition) is 0. The Balaban J connectivity index is 2.00. The minimum absolute atomic E-state index is 0.204. The van der Waals surface area contributed by atoms with E-state index in [1.165, 1.54) is 0 Å². The predicted octanol–water partition coefficient (Wildman–Crippen LogP) is 6.60. The third kappa shape index (κ3) is 7.43. The van der Waals surface area contributed by atoms with Gasteiger partial charge in [0.25, 0.3) is 0 Å². The van der Waals surface area contributed by atoms with Crippen LogP contribution in [-0.2, 0) is 16.0 Å². The maximum atomic E-state index is 14.1. The SMILES string of the molecule is CCCCN(Cc1ccccc1)C(=O)N(c1ccc(C(=O)OCC)cc1)c1ccc(C(=O)OCC)cc1. The molecule has 3 rings (SSSR count). The molecule has 2 amide bonds. The Hall–Kier alpha value is -4.13. The second kappa shape index (κ2) is 13.8. The Labute approximate surface area is 218 Å². The summed E-state index contributed by atoms with van der Waals surface area (Å²) in [5.41, 5.74) is 3.03. The number of carbonyl (C=O) groups excluding carboxylic acids is 3. The van der Waals surface area contributed by atoms with Crippen molar-refractivity contribution in [1.29, 1.82) is 0 Å². The summed E-state index contributed by atoms with van der Waals surface area (Å²) in [7, 11) is 0. The highest BCUT2D eigenvalue weighted by molar-refractivity contribution is 6.00. The number of hydrogen-bond acceptors (Lipinski definition) is 5. The summed E-state index contributed by atoms with van der Waals surface area (Å²) in [5, 5.41) is 0. The highest BCUT2D eigenvalue weighted by Crippen LogP contribution is 2.29. The van der Waals surface area contributed by atoms with E-state index >= 15 is 0 Å². The van der Waals surface area contributed by atoms with Crippen molar-refractivity contribution in [1.82, 2.24) is 4.90 Å². The lowest BCUT2D eigenvalue weighted by Gasteiger charge is -2.31. The van der Waals surface area contributed by atoms with Gasteiger partial charge >= 0.3 is 18.0 Å². The average molecular weight is 503 g/mol. The van der Waals surface area contributed by atoms with Crippen molar-refractivity contribution in [3.05, 3.63) is 95.6 Å². The number of unbranched alkanes of at least 4 members (excludes halogenated alkanes) is 1. The molecule has 7 heteroatoms. The molecule has 0 aliphatic heterocycles. The summed E-state index contributed by atoms with van der Waals surface area (Å²) in [6.45, 7) is 7.20. The van der Waals surface area contributed by atoms with E-state index in [2.05, 4.69) is 6.92 Å². The third-order valence-electron chi connectivity index (χ3n) is 5.73. The molecule has 0 unspecified atom stereocenters. The maximum Gasteiger partial charge on any atom is 0.338 e.